The van der Waals surface area contributed by atoms with E-state index in [0.29, 0.717) is 6.54 Å². The Morgan fingerprint density at radius 2 is 1.90 bits per heavy atom. The monoisotopic (exact) mass is 333 g/mol. The maximum absolute atomic E-state index is 5.80. The van der Waals surface area contributed by atoms with Gasteiger partial charge in [0.2, 0.25) is 0 Å². The molecule has 1 aromatic carbocycles. The lowest BCUT2D eigenvalue weighted by Gasteiger charge is -2.21. The van der Waals surface area contributed by atoms with Crippen LogP contribution in [0.1, 0.15) is 25.4 Å². The van der Waals surface area contributed by atoms with Crippen LogP contribution >= 0.6 is 15.9 Å². The van der Waals surface area contributed by atoms with E-state index in [1.54, 1.807) is 0 Å². The third kappa shape index (κ3) is 3.64. The average Bonchev–Trinajstić information content (AvgIpc) is 2.38. The zero-order valence-electron chi connectivity index (χ0n) is 12.2. The minimum Gasteiger partial charge on any atom is -0.330 e. The van der Waals surface area contributed by atoms with Crippen LogP contribution in [0.3, 0.4) is 0 Å². The van der Waals surface area contributed by atoms with E-state index < -0.39 is 0 Å². The summed E-state index contributed by atoms with van der Waals surface area (Å²) in [5.41, 5.74) is 8.83. The van der Waals surface area contributed by atoms with Gasteiger partial charge in [0.25, 0.3) is 0 Å². The van der Waals surface area contributed by atoms with Crippen LogP contribution in [0.2, 0.25) is 0 Å². The quantitative estimate of drug-likeness (QED) is 0.927. The number of aromatic nitrogens is 2. The van der Waals surface area contributed by atoms with Crippen molar-refractivity contribution in [1.82, 2.24) is 9.97 Å². The fourth-order valence-electron chi connectivity index (χ4n) is 2.02. The predicted octanol–water partition coefficient (Wildman–Crippen LogP) is 3.74. The standard InChI is InChI=1S/C16H20BrN3/c1-11-8-14(12-6-4-5-7-13(12)17)20-15(19-11)9-16(2,3)10-18/h4-8H,9-10,18H2,1-3H3. The van der Waals surface area contributed by atoms with E-state index in [0.717, 1.165) is 33.7 Å². The second kappa shape index (κ2) is 6.02. The van der Waals surface area contributed by atoms with Gasteiger partial charge >= 0.3 is 0 Å². The van der Waals surface area contributed by atoms with Crippen molar-refractivity contribution in [2.24, 2.45) is 11.1 Å². The molecule has 0 unspecified atom stereocenters. The average molecular weight is 334 g/mol. The van der Waals surface area contributed by atoms with Crippen LogP contribution in [0.5, 0.6) is 0 Å². The van der Waals surface area contributed by atoms with Gasteiger partial charge in [-0.15, -0.1) is 0 Å². The SMILES string of the molecule is Cc1cc(-c2ccccc2Br)nc(CC(C)(C)CN)n1. The molecule has 1 heterocycles. The fraction of sp³-hybridized carbons (Fsp3) is 0.375. The lowest BCUT2D eigenvalue weighted by atomic mass is 9.89. The summed E-state index contributed by atoms with van der Waals surface area (Å²) >= 11 is 3.58. The van der Waals surface area contributed by atoms with E-state index in [1.165, 1.54) is 0 Å². The predicted molar refractivity (Wildman–Crippen MR) is 86.4 cm³/mol. The first kappa shape index (κ1) is 15.1. The molecular weight excluding hydrogens is 314 g/mol. The molecule has 20 heavy (non-hydrogen) atoms. The minimum absolute atomic E-state index is 0.0129. The van der Waals surface area contributed by atoms with Gasteiger partial charge in [0.05, 0.1) is 5.69 Å². The number of nitrogens with zero attached hydrogens (tertiary/aromatic N) is 2. The zero-order valence-corrected chi connectivity index (χ0v) is 13.7. The molecule has 0 aliphatic carbocycles. The van der Waals surface area contributed by atoms with Gasteiger partial charge < -0.3 is 5.73 Å². The number of benzene rings is 1. The van der Waals surface area contributed by atoms with E-state index in [9.17, 15) is 0 Å². The summed E-state index contributed by atoms with van der Waals surface area (Å²) in [5, 5.41) is 0. The zero-order chi connectivity index (χ0) is 14.8. The molecule has 0 bridgehead atoms. The van der Waals surface area contributed by atoms with Crippen LogP contribution in [0.15, 0.2) is 34.8 Å². The lowest BCUT2D eigenvalue weighted by molar-refractivity contribution is 0.367. The third-order valence-electron chi connectivity index (χ3n) is 3.24. The molecule has 106 valence electrons. The van der Waals surface area contributed by atoms with Crippen molar-refractivity contribution in [1.29, 1.82) is 0 Å². The van der Waals surface area contributed by atoms with E-state index in [-0.39, 0.29) is 5.41 Å². The summed E-state index contributed by atoms with van der Waals surface area (Å²) in [4.78, 5) is 9.24. The smallest absolute Gasteiger partial charge is 0.129 e. The third-order valence-corrected chi connectivity index (χ3v) is 3.93. The van der Waals surface area contributed by atoms with E-state index in [4.69, 9.17) is 10.7 Å². The highest BCUT2D eigenvalue weighted by Gasteiger charge is 2.19. The molecule has 0 spiro atoms. The van der Waals surface area contributed by atoms with Crippen molar-refractivity contribution >= 4 is 15.9 Å². The number of rotatable bonds is 4. The number of halogens is 1. The van der Waals surface area contributed by atoms with E-state index in [1.807, 2.05) is 31.2 Å². The van der Waals surface area contributed by atoms with Gasteiger partial charge in [0.15, 0.2) is 0 Å². The van der Waals surface area contributed by atoms with Crippen LogP contribution in [-0.2, 0) is 6.42 Å². The van der Waals surface area contributed by atoms with Crippen LogP contribution < -0.4 is 5.73 Å². The molecule has 0 fully saturated rings. The van der Waals surface area contributed by atoms with E-state index in [2.05, 4.69) is 40.8 Å². The molecule has 4 heteroatoms. The van der Waals surface area contributed by atoms with Crippen molar-refractivity contribution in [3.05, 3.63) is 46.3 Å². The van der Waals surface area contributed by atoms with Crippen molar-refractivity contribution in [2.45, 2.75) is 27.2 Å². The van der Waals surface area contributed by atoms with Gasteiger partial charge in [0, 0.05) is 22.2 Å². The molecule has 2 N–H and O–H groups in total. The number of aryl methyl sites for hydroxylation is 1. The molecule has 0 aliphatic heterocycles. The van der Waals surface area contributed by atoms with E-state index >= 15 is 0 Å². The highest BCUT2D eigenvalue weighted by molar-refractivity contribution is 9.10. The summed E-state index contributed by atoms with van der Waals surface area (Å²) in [5.74, 6) is 0.853. The fourth-order valence-corrected chi connectivity index (χ4v) is 2.50. The van der Waals surface area contributed by atoms with Gasteiger partial charge in [-0.05, 0) is 31.0 Å². The number of nitrogens with two attached hydrogens (primary N) is 1. The van der Waals surface area contributed by atoms with Crippen molar-refractivity contribution in [2.75, 3.05) is 6.54 Å². The summed E-state index contributed by atoms with van der Waals surface area (Å²) < 4.78 is 1.04. The van der Waals surface area contributed by atoms with Crippen LogP contribution in [0, 0.1) is 12.3 Å². The normalized spacial score (nSPS) is 11.7. The van der Waals surface area contributed by atoms with Crippen molar-refractivity contribution < 1.29 is 0 Å². The molecule has 0 atom stereocenters. The van der Waals surface area contributed by atoms with Gasteiger partial charge in [-0.3, -0.25) is 0 Å². The van der Waals surface area contributed by atoms with Crippen LogP contribution in [-0.4, -0.2) is 16.5 Å². The second-order valence-electron chi connectivity index (χ2n) is 5.84. The molecular formula is C16H20BrN3. The second-order valence-corrected chi connectivity index (χ2v) is 6.69. The minimum atomic E-state index is 0.0129. The Morgan fingerprint density at radius 3 is 2.55 bits per heavy atom. The van der Waals surface area contributed by atoms with Gasteiger partial charge in [-0.1, -0.05) is 48.0 Å². The van der Waals surface area contributed by atoms with Crippen LogP contribution in [0.4, 0.5) is 0 Å². The van der Waals surface area contributed by atoms with Gasteiger partial charge in [0.1, 0.15) is 5.82 Å². The van der Waals surface area contributed by atoms with Gasteiger partial charge in [-0.25, -0.2) is 9.97 Å². The topological polar surface area (TPSA) is 51.8 Å². The Kier molecular flexibility index (Phi) is 4.55. The molecule has 2 aromatic rings. The molecule has 1 aromatic heterocycles. The Hall–Kier alpha value is -1.26. The van der Waals surface area contributed by atoms with Crippen LogP contribution in [0.25, 0.3) is 11.3 Å². The number of hydrogen-bond acceptors (Lipinski definition) is 3. The van der Waals surface area contributed by atoms with Gasteiger partial charge in [-0.2, -0.15) is 0 Å². The Labute approximate surface area is 128 Å². The number of hydrogen-bond donors (Lipinski definition) is 1. The first-order chi connectivity index (χ1) is 9.41. The summed E-state index contributed by atoms with van der Waals surface area (Å²) in [7, 11) is 0. The molecule has 0 aliphatic rings. The largest absolute Gasteiger partial charge is 0.330 e. The Morgan fingerprint density at radius 1 is 1.20 bits per heavy atom. The highest BCUT2D eigenvalue weighted by atomic mass is 79.9. The van der Waals surface area contributed by atoms with Crippen molar-refractivity contribution in [3.8, 4) is 11.3 Å². The highest BCUT2D eigenvalue weighted by Crippen LogP contribution is 2.27. The Bertz CT molecular complexity index is 608. The maximum Gasteiger partial charge on any atom is 0.129 e. The summed E-state index contributed by atoms with van der Waals surface area (Å²) in [6, 6.07) is 10.1. The molecule has 3 nitrogen and oxygen atoms in total. The lowest BCUT2D eigenvalue weighted by Crippen LogP contribution is -2.27. The first-order valence-electron chi connectivity index (χ1n) is 6.71. The molecule has 2 rings (SSSR count). The molecule has 0 radical (unpaired) electrons. The molecule has 0 saturated carbocycles. The maximum atomic E-state index is 5.80. The Balaban J connectivity index is 2.42. The van der Waals surface area contributed by atoms with Crippen molar-refractivity contribution in [3.63, 3.8) is 0 Å². The molecule has 0 saturated heterocycles. The summed E-state index contributed by atoms with van der Waals surface area (Å²) in [6.07, 6.45) is 0.780. The first-order valence-corrected chi connectivity index (χ1v) is 7.50. The molecule has 0 amide bonds. The summed E-state index contributed by atoms with van der Waals surface area (Å²) in [6.45, 7) is 6.89.